The molecule has 3 heteroatoms. The van der Waals surface area contributed by atoms with Crippen molar-refractivity contribution in [1.82, 2.24) is 0 Å². The first-order chi connectivity index (χ1) is 9.79. The zero-order valence-electron chi connectivity index (χ0n) is 13.2. The largest absolute Gasteiger partial charge is 0.325 e. The maximum atomic E-state index is 12.8. The van der Waals surface area contributed by atoms with Gasteiger partial charge in [0.1, 0.15) is 5.41 Å². The van der Waals surface area contributed by atoms with Crippen LogP contribution < -0.4 is 5.32 Å². The average molecular weight is 285 g/mol. The Morgan fingerprint density at radius 3 is 2.62 bits per heavy atom. The van der Waals surface area contributed by atoms with Gasteiger partial charge in [0.15, 0.2) is 5.78 Å². The van der Waals surface area contributed by atoms with E-state index in [1.807, 2.05) is 45.9 Å². The fourth-order valence-corrected chi connectivity index (χ4v) is 4.11. The highest BCUT2D eigenvalue weighted by Gasteiger charge is 2.65. The lowest BCUT2D eigenvalue weighted by Crippen LogP contribution is -2.44. The Kier molecular flexibility index (Phi) is 3.01. The molecule has 1 N–H and O–H groups in total. The molecule has 0 unspecified atom stereocenters. The summed E-state index contributed by atoms with van der Waals surface area (Å²) in [5, 5.41) is 3.02. The fraction of sp³-hybridized carbons (Fsp3) is 0.556. The second kappa shape index (κ2) is 4.43. The van der Waals surface area contributed by atoms with E-state index < -0.39 is 5.41 Å². The van der Waals surface area contributed by atoms with Crippen LogP contribution in [0, 0.1) is 30.6 Å². The van der Waals surface area contributed by atoms with Crippen molar-refractivity contribution in [3.63, 3.8) is 0 Å². The van der Waals surface area contributed by atoms with Gasteiger partial charge in [-0.15, -0.1) is 0 Å². The summed E-state index contributed by atoms with van der Waals surface area (Å²) >= 11 is 0. The van der Waals surface area contributed by atoms with Gasteiger partial charge in [-0.05, 0) is 56.2 Å². The van der Waals surface area contributed by atoms with Crippen LogP contribution in [0.2, 0.25) is 0 Å². The zero-order valence-corrected chi connectivity index (χ0v) is 13.2. The molecule has 2 aliphatic rings. The van der Waals surface area contributed by atoms with Crippen molar-refractivity contribution < 1.29 is 9.59 Å². The molecule has 0 heterocycles. The Morgan fingerprint density at radius 1 is 1.29 bits per heavy atom. The van der Waals surface area contributed by atoms with Gasteiger partial charge in [0.05, 0.1) is 0 Å². The quantitative estimate of drug-likeness (QED) is 0.843. The second-order valence-corrected chi connectivity index (χ2v) is 7.27. The SMILES string of the molecule is Cc1cccc(NC(=O)[C@@]23CC[C@@H](C2)C(C)(C)C3=O)c1C. The molecule has 112 valence electrons. The molecule has 3 rings (SSSR count). The number of Topliss-reactive ketones (excluding diaryl/α,β-unsaturated/α-hetero) is 1. The molecule has 0 spiro atoms. The topological polar surface area (TPSA) is 46.2 Å². The summed E-state index contributed by atoms with van der Waals surface area (Å²) in [6, 6.07) is 5.88. The predicted molar refractivity (Wildman–Crippen MR) is 83.1 cm³/mol. The minimum atomic E-state index is -0.787. The normalized spacial score (nSPS) is 29.7. The van der Waals surface area contributed by atoms with E-state index in [9.17, 15) is 9.59 Å². The van der Waals surface area contributed by atoms with Crippen LogP contribution in [-0.2, 0) is 9.59 Å². The Bertz CT molecular complexity index is 632. The minimum absolute atomic E-state index is 0.103. The van der Waals surface area contributed by atoms with E-state index in [0.29, 0.717) is 12.3 Å². The summed E-state index contributed by atoms with van der Waals surface area (Å²) in [4.78, 5) is 25.6. The lowest BCUT2D eigenvalue weighted by molar-refractivity contribution is -0.142. The van der Waals surface area contributed by atoms with Gasteiger partial charge in [0.25, 0.3) is 0 Å². The highest BCUT2D eigenvalue weighted by molar-refractivity contribution is 6.15. The van der Waals surface area contributed by atoms with E-state index in [4.69, 9.17) is 0 Å². The molecule has 2 saturated carbocycles. The minimum Gasteiger partial charge on any atom is -0.325 e. The lowest BCUT2D eigenvalue weighted by Gasteiger charge is -2.32. The number of rotatable bonds is 2. The van der Waals surface area contributed by atoms with Crippen LogP contribution in [0.5, 0.6) is 0 Å². The zero-order chi connectivity index (χ0) is 15.4. The molecule has 1 aromatic rings. The van der Waals surface area contributed by atoms with Crippen molar-refractivity contribution in [3.05, 3.63) is 29.3 Å². The molecule has 3 nitrogen and oxygen atoms in total. The van der Waals surface area contributed by atoms with E-state index in [2.05, 4.69) is 5.32 Å². The van der Waals surface area contributed by atoms with Gasteiger partial charge < -0.3 is 5.32 Å². The van der Waals surface area contributed by atoms with Crippen LogP contribution in [0.25, 0.3) is 0 Å². The molecule has 2 atom stereocenters. The van der Waals surface area contributed by atoms with Crippen LogP contribution in [0.1, 0.15) is 44.2 Å². The summed E-state index contributed by atoms with van der Waals surface area (Å²) < 4.78 is 0. The van der Waals surface area contributed by atoms with E-state index in [1.54, 1.807) is 0 Å². The molecule has 1 amide bonds. The number of carbonyl (C=O) groups is 2. The van der Waals surface area contributed by atoms with Gasteiger partial charge >= 0.3 is 0 Å². The summed E-state index contributed by atoms with van der Waals surface area (Å²) in [5.41, 5.74) is 1.91. The monoisotopic (exact) mass is 285 g/mol. The third-order valence-electron chi connectivity index (χ3n) is 5.84. The molecular weight excluding hydrogens is 262 g/mol. The first-order valence-electron chi connectivity index (χ1n) is 7.71. The summed E-state index contributed by atoms with van der Waals surface area (Å²) in [5.74, 6) is 0.387. The van der Waals surface area contributed by atoms with Crippen LogP contribution in [0.3, 0.4) is 0 Å². The Labute approximate surface area is 126 Å². The average Bonchev–Trinajstić information content (AvgIpc) is 2.96. The van der Waals surface area contributed by atoms with Gasteiger partial charge in [0.2, 0.25) is 5.91 Å². The molecule has 2 fully saturated rings. The van der Waals surface area contributed by atoms with Crippen molar-refractivity contribution in [1.29, 1.82) is 0 Å². The molecule has 0 aromatic heterocycles. The third-order valence-corrected chi connectivity index (χ3v) is 5.84. The molecule has 0 radical (unpaired) electrons. The number of fused-ring (bicyclic) bond motifs is 2. The predicted octanol–water partition coefficient (Wildman–Crippen LogP) is 3.64. The van der Waals surface area contributed by atoms with Gasteiger partial charge in [0, 0.05) is 11.1 Å². The number of hydrogen-bond donors (Lipinski definition) is 1. The number of anilines is 1. The number of benzene rings is 1. The number of ketones is 1. The molecule has 0 saturated heterocycles. The highest BCUT2D eigenvalue weighted by atomic mass is 16.2. The van der Waals surface area contributed by atoms with Gasteiger partial charge in [-0.2, -0.15) is 0 Å². The van der Waals surface area contributed by atoms with Crippen LogP contribution in [0.15, 0.2) is 18.2 Å². The molecule has 21 heavy (non-hydrogen) atoms. The van der Waals surface area contributed by atoms with E-state index in [0.717, 1.165) is 29.7 Å². The summed E-state index contributed by atoms with van der Waals surface area (Å²) in [6.07, 6.45) is 2.41. The van der Waals surface area contributed by atoms with Gasteiger partial charge in [-0.3, -0.25) is 9.59 Å². The van der Waals surface area contributed by atoms with E-state index >= 15 is 0 Å². The smallest absolute Gasteiger partial charge is 0.238 e. The number of hydrogen-bond acceptors (Lipinski definition) is 2. The van der Waals surface area contributed by atoms with Crippen LogP contribution in [0.4, 0.5) is 5.69 Å². The maximum absolute atomic E-state index is 12.8. The third kappa shape index (κ3) is 1.86. The van der Waals surface area contributed by atoms with E-state index in [1.165, 1.54) is 0 Å². The summed E-state index contributed by atoms with van der Waals surface area (Å²) in [7, 11) is 0. The number of aryl methyl sites for hydroxylation is 1. The van der Waals surface area contributed by atoms with Crippen molar-refractivity contribution in [2.45, 2.75) is 47.0 Å². The van der Waals surface area contributed by atoms with Crippen LogP contribution >= 0.6 is 0 Å². The first-order valence-corrected chi connectivity index (χ1v) is 7.71. The first kappa shape index (κ1) is 14.3. The molecule has 0 aliphatic heterocycles. The second-order valence-electron chi connectivity index (χ2n) is 7.27. The van der Waals surface area contributed by atoms with Crippen molar-refractivity contribution in [2.75, 3.05) is 5.32 Å². The highest BCUT2D eigenvalue weighted by Crippen LogP contribution is 2.60. The number of nitrogens with one attached hydrogen (secondary N) is 1. The van der Waals surface area contributed by atoms with Crippen LogP contribution in [-0.4, -0.2) is 11.7 Å². The van der Waals surface area contributed by atoms with Crippen molar-refractivity contribution in [2.24, 2.45) is 16.7 Å². The molecule has 1 aromatic carbocycles. The Hall–Kier alpha value is -1.64. The van der Waals surface area contributed by atoms with Crippen molar-refractivity contribution >= 4 is 17.4 Å². The molecule has 2 aliphatic carbocycles. The summed E-state index contributed by atoms with van der Waals surface area (Å²) in [6.45, 7) is 8.01. The van der Waals surface area contributed by atoms with Crippen molar-refractivity contribution in [3.8, 4) is 0 Å². The number of amides is 1. The number of carbonyl (C=O) groups excluding carboxylic acids is 2. The Morgan fingerprint density at radius 2 is 2.00 bits per heavy atom. The molecule has 2 bridgehead atoms. The Balaban J connectivity index is 1.90. The maximum Gasteiger partial charge on any atom is 0.238 e. The van der Waals surface area contributed by atoms with Gasteiger partial charge in [-0.25, -0.2) is 0 Å². The lowest BCUT2D eigenvalue weighted by atomic mass is 9.70. The fourth-order valence-electron chi connectivity index (χ4n) is 4.11. The molecular formula is C18H23NO2. The van der Waals surface area contributed by atoms with Gasteiger partial charge in [-0.1, -0.05) is 26.0 Å². The standard InChI is InChI=1S/C18H23NO2/c1-11-6-5-7-14(12(11)2)19-16(21)18-9-8-13(10-18)17(3,4)15(18)20/h5-7,13H,8-10H2,1-4H3,(H,19,21)/t13-,18-/m0/s1. The van der Waals surface area contributed by atoms with E-state index in [-0.39, 0.29) is 17.1 Å².